The largest absolute Gasteiger partial charge is 0.402 e. The highest BCUT2D eigenvalue weighted by atomic mass is 32.1. The zero-order valence-electron chi connectivity index (χ0n) is 5.50. The molecule has 10 heavy (non-hydrogen) atoms. The Hall–Kier alpha value is -0.920. The maximum Gasteiger partial charge on any atom is 0.0637 e. The van der Waals surface area contributed by atoms with E-state index >= 15 is 0 Å². The van der Waals surface area contributed by atoms with Crippen molar-refractivity contribution in [3.63, 3.8) is 0 Å². The van der Waals surface area contributed by atoms with Gasteiger partial charge in [-0.25, -0.2) is 0 Å². The molecule has 0 aliphatic heterocycles. The molecular formula is C7H8N2S. The first-order chi connectivity index (χ1) is 4.83. The van der Waals surface area contributed by atoms with Gasteiger partial charge >= 0.3 is 0 Å². The smallest absolute Gasteiger partial charge is 0.0637 e. The van der Waals surface area contributed by atoms with Crippen LogP contribution in [0.3, 0.4) is 0 Å². The minimum absolute atomic E-state index is 0.881. The molecule has 2 N–H and O–H groups in total. The number of allylic oxidation sites excluding steroid dienone is 4. The molecule has 0 bridgehead atoms. The summed E-state index contributed by atoms with van der Waals surface area (Å²) in [5.41, 5.74) is 7.39. The van der Waals surface area contributed by atoms with Gasteiger partial charge in [0.15, 0.2) is 0 Å². The molecule has 0 aromatic carbocycles. The molecule has 1 rings (SSSR count). The van der Waals surface area contributed by atoms with Crippen LogP contribution >= 0.6 is 12.2 Å². The number of aliphatic imine (C=N–C) groups is 1. The molecule has 1 aliphatic carbocycles. The van der Waals surface area contributed by atoms with E-state index < -0.39 is 0 Å². The molecule has 0 amide bonds. The summed E-state index contributed by atoms with van der Waals surface area (Å²) in [5, 5.41) is 2.32. The molecule has 0 radical (unpaired) electrons. The van der Waals surface area contributed by atoms with Crippen molar-refractivity contribution >= 4 is 17.4 Å². The summed E-state index contributed by atoms with van der Waals surface area (Å²) in [6.07, 6.45) is 5.49. The fourth-order valence-corrected chi connectivity index (χ4v) is 0.911. The van der Waals surface area contributed by atoms with E-state index in [1.54, 1.807) is 0 Å². The first kappa shape index (κ1) is 7.19. The van der Waals surface area contributed by atoms with Crippen molar-refractivity contribution < 1.29 is 0 Å². The second-order valence-corrected chi connectivity index (χ2v) is 2.29. The molecule has 1 aliphatic rings. The molecule has 0 spiro atoms. The van der Waals surface area contributed by atoms with Crippen molar-refractivity contribution in [3.8, 4) is 0 Å². The van der Waals surface area contributed by atoms with Crippen LogP contribution in [0.15, 0.2) is 28.5 Å². The lowest BCUT2D eigenvalue weighted by atomic mass is 10.1. The third-order valence-corrected chi connectivity index (χ3v) is 1.44. The van der Waals surface area contributed by atoms with Crippen LogP contribution in [-0.2, 0) is 0 Å². The average molecular weight is 152 g/mol. The molecule has 0 saturated carbocycles. The first-order valence-electron chi connectivity index (χ1n) is 3.06. The van der Waals surface area contributed by atoms with Gasteiger partial charge in [-0.2, -0.15) is 4.99 Å². The molecular weight excluding hydrogens is 144 g/mol. The van der Waals surface area contributed by atoms with Gasteiger partial charge in [-0.3, -0.25) is 0 Å². The van der Waals surface area contributed by atoms with Crippen LogP contribution in [0.5, 0.6) is 0 Å². The Kier molecular flexibility index (Phi) is 2.37. The average Bonchev–Trinajstić information content (AvgIpc) is 1.95. The number of rotatable bonds is 1. The fraction of sp³-hybridized carbons (Fsp3) is 0.286. The SMILES string of the molecule is NC1=CC=C(N=C=S)CC1. The molecule has 52 valence electrons. The van der Waals surface area contributed by atoms with E-state index in [1.165, 1.54) is 0 Å². The molecule has 0 fully saturated rings. The van der Waals surface area contributed by atoms with Gasteiger partial charge in [0.05, 0.1) is 10.9 Å². The molecule has 2 nitrogen and oxygen atoms in total. The third-order valence-electron chi connectivity index (χ3n) is 1.35. The van der Waals surface area contributed by atoms with Crippen molar-refractivity contribution in [3.05, 3.63) is 23.5 Å². The quantitative estimate of drug-likeness (QED) is 0.458. The Morgan fingerprint density at radius 2 is 2.30 bits per heavy atom. The van der Waals surface area contributed by atoms with E-state index in [0.717, 1.165) is 24.2 Å². The second-order valence-electron chi connectivity index (χ2n) is 2.10. The molecule has 0 saturated heterocycles. The summed E-state index contributed by atoms with van der Waals surface area (Å²) >= 11 is 4.45. The number of nitrogens with two attached hydrogens (primary N) is 1. The van der Waals surface area contributed by atoms with Crippen LogP contribution in [0.4, 0.5) is 0 Å². The molecule has 0 unspecified atom stereocenters. The topological polar surface area (TPSA) is 38.4 Å². The van der Waals surface area contributed by atoms with E-state index in [4.69, 9.17) is 5.73 Å². The molecule has 0 aromatic rings. The lowest BCUT2D eigenvalue weighted by Crippen LogP contribution is -2.00. The Morgan fingerprint density at radius 1 is 1.50 bits per heavy atom. The van der Waals surface area contributed by atoms with Crippen LogP contribution in [0.1, 0.15) is 12.8 Å². The summed E-state index contributed by atoms with van der Waals surface area (Å²) in [6.45, 7) is 0. The maximum absolute atomic E-state index is 5.52. The Bertz CT molecular complexity index is 234. The number of hydrogen-bond donors (Lipinski definition) is 1. The lowest BCUT2D eigenvalue weighted by Gasteiger charge is -2.05. The minimum Gasteiger partial charge on any atom is -0.402 e. The van der Waals surface area contributed by atoms with Crippen molar-refractivity contribution in [1.29, 1.82) is 0 Å². The summed E-state index contributed by atoms with van der Waals surface area (Å²) in [6, 6.07) is 0. The van der Waals surface area contributed by atoms with Crippen molar-refractivity contribution in [2.75, 3.05) is 0 Å². The van der Waals surface area contributed by atoms with E-state index in [2.05, 4.69) is 22.4 Å². The first-order valence-corrected chi connectivity index (χ1v) is 3.47. The molecule has 3 heteroatoms. The predicted molar refractivity (Wildman–Crippen MR) is 44.6 cm³/mol. The Morgan fingerprint density at radius 3 is 2.80 bits per heavy atom. The maximum atomic E-state index is 5.52. The highest BCUT2D eigenvalue weighted by Crippen LogP contribution is 2.14. The highest BCUT2D eigenvalue weighted by Gasteiger charge is 2.00. The summed E-state index contributed by atoms with van der Waals surface area (Å²) in [7, 11) is 0. The fourth-order valence-electron chi connectivity index (χ4n) is 0.794. The van der Waals surface area contributed by atoms with Crippen LogP contribution < -0.4 is 5.73 Å². The van der Waals surface area contributed by atoms with Gasteiger partial charge in [-0.15, -0.1) is 0 Å². The standard InChI is InChI=1S/C7H8N2S/c8-6-1-3-7(4-2-6)9-5-10/h1,3H,2,4,8H2. The minimum atomic E-state index is 0.881. The molecule has 0 atom stereocenters. The van der Waals surface area contributed by atoms with Crippen molar-refractivity contribution in [2.45, 2.75) is 12.8 Å². The normalized spacial score (nSPS) is 16.8. The summed E-state index contributed by atoms with van der Waals surface area (Å²) in [4.78, 5) is 3.84. The van der Waals surface area contributed by atoms with Gasteiger partial charge in [-0.05, 0) is 37.2 Å². The van der Waals surface area contributed by atoms with Gasteiger partial charge in [0.1, 0.15) is 0 Å². The molecule has 0 aromatic heterocycles. The monoisotopic (exact) mass is 152 g/mol. The lowest BCUT2D eigenvalue weighted by molar-refractivity contribution is 0.883. The van der Waals surface area contributed by atoms with E-state index in [-0.39, 0.29) is 0 Å². The molecule has 0 heterocycles. The Balaban J connectivity index is 2.73. The number of thiocarbonyl (C=S) groups is 1. The highest BCUT2D eigenvalue weighted by molar-refractivity contribution is 7.78. The van der Waals surface area contributed by atoms with Gasteiger partial charge in [0.2, 0.25) is 0 Å². The van der Waals surface area contributed by atoms with Crippen LogP contribution in [0.25, 0.3) is 0 Å². The summed E-state index contributed by atoms with van der Waals surface area (Å²) in [5.74, 6) is 0. The number of hydrogen-bond acceptors (Lipinski definition) is 3. The zero-order valence-corrected chi connectivity index (χ0v) is 6.32. The third kappa shape index (κ3) is 1.79. The van der Waals surface area contributed by atoms with Gasteiger partial charge in [0.25, 0.3) is 0 Å². The van der Waals surface area contributed by atoms with E-state index in [1.807, 2.05) is 12.2 Å². The summed E-state index contributed by atoms with van der Waals surface area (Å²) < 4.78 is 0. The van der Waals surface area contributed by atoms with Crippen molar-refractivity contribution in [2.24, 2.45) is 10.7 Å². The number of isothiocyanates is 1. The second kappa shape index (κ2) is 3.30. The Labute approximate surface area is 65.1 Å². The van der Waals surface area contributed by atoms with E-state index in [9.17, 15) is 0 Å². The van der Waals surface area contributed by atoms with Gasteiger partial charge in [0, 0.05) is 5.70 Å². The number of nitrogens with zero attached hydrogens (tertiary/aromatic N) is 1. The predicted octanol–water partition coefficient (Wildman–Crippen LogP) is 1.61. The van der Waals surface area contributed by atoms with Crippen molar-refractivity contribution in [1.82, 2.24) is 0 Å². The van der Waals surface area contributed by atoms with Crippen LogP contribution in [0.2, 0.25) is 0 Å². The van der Waals surface area contributed by atoms with Gasteiger partial charge in [-0.1, -0.05) is 0 Å². The van der Waals surface area contributed by atoms with Gasteiger partial charge < -0.3 is 5.73 Å². The zero-order chi connectivity index (χ0) is 7.40. The van der Waals surface area contributed by atoms with Crippen LogP contribution in [0, 0.1) is 0 Å². The van der Waals surface area contributed by atoms with E-state index in [0.29, 0.717) is 0 Å². The van der Waals surface area contributed by atoms with Crippen LogP contribution in [-0.4, -0.2) is 5.16 Å².